The summed E-state index contributed by atoms with van der Waals surface area (Å²) in [5.74, 6) is 0.0769. The largest absolute Gasteiger partial charge is 0.301 e. The van der Waals surface area contributed by atoms with Crippen LogP contribution in [0, 0.1) is 30.1 Å². The highest BCUT2D eigenvalue weighted by Crippen LogP contribution is 2.72. The first-order valence-corrected chi connectivity index (χ1v) is 9.25. The Labute approximate surface area is 143 Å². The van der Waals surface area contributed by atoms with Gasteiger partial charge in [0.1, 0.15) is 0 Å². The van der Waals surface area contributed by atoms with E-state index in [1.165, 1.54) is 11.3 Å². The Morgan fingerprint density at radius 1 is 1.32 bits per heavy atom. The first-order valence-electron chi connectivity index (χ1n) is 7.52. The molecule has 0 aliphatic heterocycles. The molecule has 120 valence electrons. The van der Waals surface area contributed by atoms with Crippen LogP contribution in [0.15, 0.2) is 0 Å². The number of aryl methyl sites for hydroxylation is 2. The van der Waals surface area contributed by atoms with Crippen molar-refractivity contribution in [3.8, 4) is 0 Å². The molecule has 3 rings (SSSR count). The molecule has 0 unspecified atom stereocenters. The summed E-state index contributed by atoms with van der Waals surface area (Å²) in [6.07, 6.45) is 1.50. The number of Topliss-reactive ketones (excluding diaryl/α,β-unsaturated/α-hetero) is 1. The minimum absolute atomic E-state index is 0.0808. The molecule has 2 aliphatic rings. The van der Waals surface area contributed by atoms with Gasteiger partial charge in [-0.15, -0.1) is 11.3 Å². The molecule has 2 bridgehead atoms. The fraction of sp³-hybridized carbons (Fsp3) is 0.688. The van der Waals surface area contributed by atoms with Crippen LogP contribution < -0.4 is 5.32 Å². The number of anilines is 1. The van der Waals surface area contributed by atoms with Crippen molar-refractivity contribution in [3.05, 3.63) is 10.6 Å². The molecule has 0 saturated heterocycles. The first-order chi connectivity index (χ1) is 10.1. The maximum Gasteiger partial charge on any atom is 0.234 e. The molecule has 22 heavy (non-hydrogen) atoms. The lowest BCUT2D eigenvalue weighted by atomic mass is 9.64. The van der Waals surface area contributed by atoms with Crippen LogP contribution in [0.25, 0.3) is 0 Å². The highest BCUT2D eigenvalue weighted by atomic mass is 79.9. The normalized spacial score (nSPS) is 35.9. The Hall–Kier alpha value is -0.750. The van der Waals surface area contributed by atoms with Crippen molar-refractivity contribution in [3.63, 3.8) is 0 Å². The van der Waals surface area contributed by atoms with E-state index in [1.54, 1.807) is 0 Å². The van der Waals surface area contributed by atoms with Crippen LogP contribution in [-0.4, -0.2) is 21.5 Å². The number of hydrogen-bond acceptors (Lipinski definition) is 4. The maximum absolute atomic E-state index is 13.1. The molecular formula is C16H21BrN2O2S. The third kappa shape index (κ3) is 1.65. The summed E-state index contributed by atoms with van der Waals surface area (Å²) >= 11 is 5.02. The quantitative estimate of drug-likeness (QED) is 0.787. The van der Waals surface area contributed by atoms with Crippen LogP contribution >= 0.6 is 27.3 Å². The molecule has 6 heteroatoms. The van der Waals surface area contributed by atoms with Gasteiger partial charge in [0.25, 0.3) is 0 Å². The topological polar surface area (TPSA) is 59.1 Å². The summed E-state index contributed by atoms with van der Waals surface area (Å²) in [5, 5.41) is 3.60. The van der Waals surface area contributed by atoms with E-state index in [1.807, 2.05) is 20.8 Å². The van der Waals surface area contributed by atoms with Crippen LogP contribution in [0.1, 0.15) is 44.2 Å². The minimum atomic E-state index is -0.702. The molecule has 1 N–H and O–H groups in total. The predicted octanol–water partition coefficient (Wildman–Crippen LogP) is 3.86. The summed E-state index contributed by atoms with van der Waals surface area (Å²) in [7, 11) is 0. The third-order valence-electron chi connectivity index (χ3n) is 6.37. The average molecular weight is 385 g/mol. The number of halogens is 1. The lowest BCUT2D eigenvalue weighted by Crippen LogP contribution is -2.47. The number of amides is 1. The van der Waals surface area contributed by atoms with Gasteiger partial charge in [-0.1, -0.05) is 36.7 Å². The van der Waals surface area contributed by atoms with Crippen LogP contribution in [-0.2, 0) is 9.59 Å². The van der Waals surface area contributed by atoms with Gasteiger partial charge in [-0.25, -0.2) is 4.98 Å². The highest BCUT2D eigenvalue weighted by molar-refractivity contribution is 9.10. The summed E-state index contributed by atoms with van der Waals surface area (Å²) in [6.45, 7) is 10.0. The van der Waals surface area contributed by atoms with Crippen LogP contribution in [0.2, 0.25) is 0 Å². The number of ketones is 1. The van der Waals surface area contributed by atoms with Gasteiger partial charge in [-0.3, -0.25) is 9.59 Å². The van der Waals surface area contributed by atoms with Gasteiger partial charge >= 0.3 is 0 Å². The Morgan fingerprint density at radius 3 is 2.41 bits per heavy atom. The van der Waals surface area contributed by atoms with E-state index in [0.717, 1.165) is 23.4 Å². The molecule has 1 amide bonds. The summed E-state index contributed by atoms with van der Waals surface area (Å²) < 4.78 is 0. The smallest absolute Gasteiger partial charge is 0.234 e. The van der Waals surface area contributed by atoms with E-state index in [4.69, 9.17) is 0 Å². The first kappa shape index (κ1) is 16.1. The lowest BCUT2D eigenvalue weighted by molar-refractivity contribution is -0.130. The van der Waals surface area contributed by atoms with Gasteiger partial charge in [0.05, 0.1) is 15.9 Å². The molecule has 2 fully saturated rings. The second kappa shape index (κ2) is 4.63. The molecule has 0 aromatic carbocycles. The summed E-state index contributed by atoms with van der Waals surface area (Å²) in [5.41, 5.74) is -0.581. The number of carbonyl (C=O) groups is 2. The van der Waals surface area contributed by atoms with Gasteiger partial charge in [-0.05, 0) is 32.1 Å². The van der Waals surface area contributed by atoms with E-state index < -0.39 is 15.7 Å². The fourth-order valence-corrected chi connectivity index (χ4v) is 6.51. The Kier molecular flexibility index (Phi) is 3.39. The van der Waals surface area contributed by atoms with Crippen molar-refractivity contribution in [2.45, 2.75) is 52.3 Å². The van der Waals surface area contributed by atoms with Gasteiger partial charge in [0.2, 0.25) is 5.91 Å². The number of alkyl halides is 1. The zero-order valence-corrected chi connectivity index (χ0v) is 15.9. The molecule has 0 spiro atoms. The number of rotatable bonds is 2. The van der Waals surface area contributed by atoms with Gasteiger partial charge in [-0.2, -0.15) is 0 Å². The SMILES string of the molecule is Cc1nc(NC(=O)[C@]23CC[C@](C)(C(=O)[C@@H]2Br)C3(C)C)sc1C. The monoisotopic (exact) mass is 384 g/mol. The summed E-state index contributed by atoms with van der Waals surface area (Å²) in [4.78, 5) is 30.9. The van der Waals surface area contributed by atoms with Gasteiger partial charge < -0.3 is 5.32 Å². The molecule has 4 nitrogen and oxygen atoms in total. The van der Waals surface area contributed by atoms with Gasteiger partial charge in [0.15, 0.2) is 10.9 Å². The van der Waals surface area contributed by atoms with Crippen molar-refractivity contribution < 1.29 is 9.59 Å². The second-order valence-corrected chi connectivity index (χ2v) is 9.39. The van der Waals surface area contributed by atoms with Crippen molar-refractivity contribution in [1.82, 2.24) is 4.98 Å². The van der Waals surface area contributed by atoms with E-state index in [-0.39, 0.29) is 17.1 Å². The highest BCUT2D eigenvalue weighted by Gasteiger charge is 2.76. The maximum atomic E-state index is 13.1. The minimum Gasteiger partial charge on any atom is -0.301 e. The number of carbonyl (C=O) groups excluding carboxylic acids is 2. The number of hydrogen-bond donors (Lipinski definition) is 1. The number of aromatic nitrogens is 1. The zero-order valence-electron chi connectivity index (χ0n) is 13.5. The van der Waals surface area contributed by atoms with Gasteiger partial charge in [0, 0.05) is 10.3 Å². The predicted molar refractivity (Wildman–Crippen MR) is 91.5 cm³/mol. The van der Waals surface area contributed by atoms with Crippen LogP contribution in [0.5, 0.6) is 0 Å². The molecule has 1 aromatic heterocycles. The fourth-order valence-electron chi connectivity index (χ4n) is 4.19. The lowest BCUT2D eigenvalue weighted by Gasteiger charge is -2.39. The molecule has 0 radical (unpaired) electrons. The van der Waals surface area contributed by atoms with Crippen LogP contribution in [0.4, 0.5) is 5.13 Å². The average Bonchev–Trinajstić information content (AvgIpc) is 2.88. The Morgan fingerprint density at radius 2 is 1.95 bits per heavy atom. The van der Waals surface area contributed by atoms with Crippen molar-refractivity contribution in [2.24, 2.45) is 16.2 Å². The number of nitrogens with zero attached hydrogens (tertiary/aromatic N) is 1. The molecule has 3 atom stereocenters. The van der Waals surface area contributed by atoms with E-state index >= 15 is 0 Å². The Bertz CT molecular complexity index is 664. The zero-order chi connectivity index (χ0) is 16.5. The molecular weight excluding hydrogens is 364 g/mol. The number of nitrogens with one attached hydrogen (secondary N) is 1. The second-order valence-electron chi connectivity index (χ2n) is 7.27. The number of fused-ring (bicyclic) bond motifs is 2. The van der Waals surface area contributed by atoms with Crippen molar-refractivity contribution in [1.29, 1.82) is 0 Å². The molecule has 1 heterocycles. The van der Waals surface area contributed by atoms with Crippen LogP contribution in [0.3, 0.4) is 0 Å². The molecule has 2 aliphatic carbocycles. The summed E-state index contributed by atoms with van der Waals surface area (Å²) in [6, 6.07) is 0. The van der Waals surface area contributed by atoms with E-state index in [0.29, 0.717) is 5.13 Å². The Balaban J connectivity index is 1.99. The van der Waals surface area contributed by atoms with Crippen molar-refractivity contribution >= 4 is 44.1 Å². The standard InChI is InChI=1S/C16H21BrN2O2S/c1-8-9(2)22-13(18-8)19-12(21)16-7-6-15(5,14(16,3)4)11(20)10(16)17/h10H,6-7H2,1-5H3,(H,18,19,21)/t10-,15+,16-/m0/s1. The van der Waals surface area contributed by atoms with E-state index in [2.05, 4.69) is 40.1 Å². The van der Waals surface area contributed by atoms with Crippen molar-refractivity contribution in [2.75, 3.05) is 5.32 Å². The third-order valence-corrected chi connectivity index (χ3v) is 8.56. The van der Waals surface area contributed by atoms with E-state index in [9.17, 15) is 9.59 Å². The molecule has 1 aromatic rings. The number of thiazole rings is 1. The molecule has 2 saturated carbocycles.